The van der Waals surface area contributed by atoms with Gasteiger partial charge in [-0.3, -0.25) is 0 Å². The third-order valence-electron chi connectivity index (χ3n) is 3.12. The first-order valence-electron chi connectivity index (χ1n) is 6.23. The first-order chi connectivity index (χ1) is 10.6. The van der Waals surface area contributed by atoms with E-state index in [1.807, 2.05) is 0 Å². The molecule has 124 valence electrons. The molecule has 1 aromatic heterocycles. The summed E-state index contributed by atoms with van der Waals surface area (Å²) in [4.78, 5) is 6.89. The van der Waals surface area contributed by atoms with Gasteiger partial charge in [0.1, 0.15) is 28.1 Å². The molecule has 1 N–H and O–H groups in total. The van der Waals surface area contributed by atoms with Gasteiger partial charge in [0, 0.05) is 19.4 Å². The molecule has 5 nitrogen and oxygen atoms in total. The Balaban J connectivity index is 2.50. The summed E-state index contributed by atoms with van der Waals surface area (Å²) in [6.45, 7) is 0. The fourth-order valence-electron chi connectivity index (χ4n) is 1.99. The van der Waals surface area contributed by atoms with Crippen LogP contribution in [0.5, 0.6) is 0 Å². The standard InChI is InChI=1S/C13H12F4N4OS/c1-21(23(18,22)11-6-19-8-20-7-11)12(13(15,16)17)9-2-4-10(14)5-3-9/h2-8,12,18H,1H3/t12-,23?/m1/s1. The molecule has 0 saturated heterocycles. The lowest BCUT2D eigenvalue weighted by atomic mass is 10.1. The minimum atomic E-state index is -4.81. The topological polar surface area (TPSA) is 69.9 Å². The van der Waals surface area contributed by atoms with Crippen molar-refractivity contribution in [2.75, 3.05) is 7.05 Å². The van der Waals surface area contributed by atoms with Crippen molar-refractivity contribution in [1.29, 1.82) is 4.78 Å². The van der Waals surface area contributed by atoms with Crippen LogP contribution in [0, 0.1) is 10.6 Å². The van der Waals surface area contributed by atoms with Crippen LogP contribution in [0.1, 0.15) is 11.6 Å². The molecule has 0 aliphatic heterocycles. The second-order valence-corrected chi connectivity index (χ2v) is 6.74. The molecule has 2 atom stereocenters. The molecule has 1 aromatic carbocycles. The number of aromatic nitrogens is 2. The number of nitrogens with zero attached hydrogens (tertiary/aromatic N) is 3. The first-order valence-corrected chi connectivity index (χ1v) is 7.74. The summed E-state index contributed by atoms with van der Waals surface area (Å²) in [5.74, 6) is -0.694. The summed E-state index contributed by atoms with van der Waals surface area (Å²) >= 11 is 0. The van der Waals surface area contributed by atoms with Gasteiger partial charge in [-0.25, -0.2) is 27.7 Å². The van der Waals surface area contributed by atoms with Crippen LogP contribution in [0.3, 0.4) is 0 Å². The third-order valence-corrected chi connectivity index (χ3v) is 4.99. The number of rotatable bonds is 4. The van der Waals surface area contributed by atoms with Gasteiger partial charge in [-0.15, -0.1) is 0 Å². The SMILES string of the molecule is CN([C@H](c1ccc(F)cc1)C(F)(F)F)S(=N)(=O)c1cncnc1. The Morgan fingerprint density at radius 2 is 1.70 bits per heavy atom. The van der Waals surface area contributed by atoms with Gasteiger partial charge < -0.3 is 0 Å². The Bertz CT molecular complexity index is 763. The second-order valence-electron chi connectivity index (χ2n) is 4.64. The maximum absolute atomic E-state index is 13.4. The van der Waals surface area contributed by atoms with E-state index in [4.69, 9.17) is 4.78 Å². The van der Waals surface area contributed by atoms with Crippen LogP contribution in [-0.2, 0) is 9.92 Å². The lowest BCUT2D eigenvalue weighted by Crippen LogP contribution is -2.39. The fourth-order valence-corrected chi connectivity index (χ4v) is 3.27. The average Bonchev–Trinajstić information content (AvgIpc) is 2.49. The van der Waals surface area contributed by atoms with E-state index in [0.29, 0.717) is 4.31 Å². The third kappa shape index (κ3) is 3.64. The highest BCUT2D eigenvalue weighted by atomic mass is 32.2. The monoisotopic (exact) mass is 348 g/mol. The lowest BCUT2D eigenvalue weighted by Gasteiger charge is -2.31. The van der Waals surface area contributed by atoms with Crippen molar-refractivity contribution in [3.05, 3.63) is 54.4 Å². The molecule has 10 heteroatoms. The molecular weight excluding hydrogens is 336 g/mol. The predicted octanol–water partition coefficient (Wildman–Crippen LogP) is 3.17. The Morgan fingerprint density at radius 1 is 1.17 bits per heavy atom. The number of hydrogen-bond acceptors (Lipinski definition) is 4. The van der Waals surface area contributed by atoms with Crippen molar-refractivity contribution in [3.8, 4) is 0 Å². The van der Waals surface area contributed by atoms with Crippen molar-refractivity contribution in [2.24, 2.45) is 0 Å². The van der Waals surface area contributed by atoms with Crippen molar-refractivity contribution < 1.29 is 21.8 Å². The van der Waals surface area contributed by atoms with Crippen LogP contribution in [0.2, 0.25) is 0 Å². The van der Waals surface area contributed by atoms with Crippen LogP contribution in [0.15, 0.2) is 47.9 Å². The average molecular weight is 348 g/mol. The van der Waals surface area contributed by atoms with Crippen molar-refractivity contribution in [1.82, 2.24) is 14.3 Å². The maximum Gasteiger partial charge on any atom is 0.409 e. The van der Waals surface area contributed by atoms with Gasteiger partial charge in [-0.1, -0.05) is 12.1 Å². The van der Waals surface area contributed by atoms with Crippen LogP contribution >= 0.6 is 0 Å². The van der Waals surface area contributed by atoms with E-state index in [-0.39, 0.29) is 10.5 Å². The summed E-state index contributed by atoms with van der Waals surface area (Å²) in [6, 6.07) is 1.30. The van der Waals surface area contributed by atoms with E-state index in [2.05, 4.69) is 9.97 Å². The van der Waals surface area contributed by atoms with E-state index in [9.17, 15) is 21.8 Å². The minimum absolute atomic E-state index is 0.251. The van der Waals surface area contributed by atoms with Gasteiger partial charge >= 0.3 is 6.18 Å². The van der Waals surface area contributed by atoms with Gasteiger partial charge in [-0.05, 0) is 17.7 Å². The van der Waals surface area contributed by atoms with Gasteiger partial charge in [0.2, 0.25) is 0 Å². The summed E-state index contributed by atoms with van der Waals surface area (Å²) in [5, 5.41) is 0. The van der Waals surface area contributed by atoms with Gasteiger partial charge in [-0.2, -0.15) is 13.2 Å². The highest BCUT2D eigenvalue weighted by Crippen LogP contribution is 2.39. The Morgan fingerprint density at radius 3 is 2.17 bits per heavy atom. The zero-order valence-electron chi connectivity index (χ0n) is 11.8. The molecule has 0 aliphatic carbocycles. The van der Waals surface area contributed by atoms with Gasteiger partial charge in [0.25, 0.3) is 0 Å². The minimum Gasteiger partial charge on any atom is -0.243 e. The van der Waals surface area contributed by atoms with Crippen molar-refractivity contribution in [2.45, 2.75) is 17.1 Å². The van der Waals surface area contributed by atoms with Gasteiger partial charge in [0.05, 0.1) is 4.90 Å². The molecule has 0 fully saturated rings. The molecule has 2 aromatic rings. The van der Waals surface area contributed by atoms with E-state index in [1.165, 1.54) is 0 Å². The van der Waals surface area contributed by atoms with Crippen molar-refractivity contribution >= 4 is 9.92 Å². The number of hydrogen-bond donors (Lipinski definition) is 1. The largest absolute Gasteiger partial charge is 0.409 e. The number of benzene rings is 1. The lowest BCUT2D eigenvalue weighted by molar-refractivity contribution is -0.170. The van der Waals surface area contributed by atoms with E-state index in [1.54, 1.807) is 0 Å². The Kier molecular flexibility index (Phi) is 4.66. The first kappa shape index (κ1) is 17.3. The number of alkyl halides is 3. The van der Waals surface area contributed by atoms with Gasteiger partial charge in [0.15, 0.2) is 0 Å². The van der Waals surface area contributed by atoms with Crippen LogP contribution in [0.25, 0.3) is 0 Å². The summed E-state index contributed by atoms with van der Waals surface area (Å²) < 4.78 is 74.0. The second kappa shape index (κ2) is 6.20. The molecule has 2 rings (SSSR count). The molecule has 0 spiro atoms. The maximum atomic E-state index is 13.4. The van der Waals surface area contributed by atoms with E-state index >= 15 is 0 Å². The Labute approximate surface area is 130 Å². The normalized spacial score (nSPS) is 16.1. The van der Waals surface area contributed by atoms with Crippen molar-refractivity contribution in [3.63, 3.8) is 0 Å². The van der Waals surface area contributed by atoms with Crippen LogP contribution in [-0.4, -0.2) is 31.7 Å². The molecule has 23 heavy (non-hydrogen) atoms. The molecule has 0 radical (unpaired) electrons. The quantitative estimate of drug-likeness (QED) is 0.863. The number of halogens is 4. The zero-order valence-corrected chi connectivity index (χ0v) is 12.6. The molecular formula is C13H12F4N4OS. The zero-order chi connectivity index (χ0) is 17.3. The number of nitrogens with one attached hydrogen (secondary N) is 1. The molecule has 1 heterocycles. The molecule has 0 amide bonds. The Hall–Kier alpha value is -2.07. The molecule has 0 bridgehead atoms. The smallest absolute Gasteiger partial charge is 0.243 e. The van der Waals surface area contributed by atoms with E-state index < -0.39 is 28.0 Å². The van der Waals surface area contributed by atoms with Crippen LogP contribution < -0.4 is 0 Å². The fraction of sp³-hybridized carbons (Fsp3) is 0.231. The molecule has 1 unspecified atom stereocenters. The highest BCUT2D eigenvalue weighted by Gasteiger charge is 2.46. The van der Waals surface area contributed by atoms with E-state index in [0.717, 1.165) is 50.0 Å². The highest BCUT2D eigenvalue weighted by molar-refractivity contribution is 7.90. The molecule has 0 saturated carbocycles. The summed E-state index contributed by atoms with van der Waals surface area (Å²) in [6.07, 6.45) is -1.65. The predicted molar refractivity (Wildman–Crippen MR) is 74.1 cm³/mol. The van der Waals surface area contributed by atoms with Crippen LogP contribution in [0.4, 0.5) is 17.6 Å². The molecule has 0 aliphatic rings. The summed E-state index contributed by atoms with van der Waals surface area (Å²) in [7, 11) is -3.06. The summed E-state index contributed by atoms with van der Waals surface area (Å²) in [5.41, 5.74) is -0.321.